The Morgan fingerprint density at radius 1 is 1.54 bits per heavy atom. The number of rotatable bonds is 4. The van der Waals surface area contributed by atoms with Gasteiger partial charge in [-0.05, 0) is 6.92 Å². The van der Waals surface area contributed by atoms with Gasteiger partial charge in [0.05, 0.1) is 19.1 Å². The van der Waals surface area contributed by atoms with Gasteiger partial charge in [-0.25, -0.2) is 0 Å². The maximum Gasteiger partial charge on any atom is 0.310 e. The zero-order chi connectivity index (χ0) is 9.68. The standard InChI is InChI=1S/C9H17NO3/c1-3-13-9(11)8-5-10-4-7(8)6-12-2/h7-8,10H,3-6H2,1-2H3/t7-,8+/m1/s1. The van der Waals surface area contributed by atoms with Gasteiger partial charge in [-0.3, -0.25) is 4.79 Å². The first kappa shape index (κ1) is 10.5. The molecule has 0 aromatic heterocycles. The minimum Gasteiger partial charge on any atom is -0.466 e. The zero-order valence-electron chi connectivity index (χ0n) is 8.21. The van der Waals surface area contributed by atoms with Gasteiger partial charge in [0.25, 0.3) is 0 Å². The van der Waals surface area contributed by atoms with Gasteiger partial charge >= 0.3 is 5.97 Å². The molecular weight excluding hydrogens is 170 g/mol. The highest BCUT2D eigenvalue weighted by molar-refractivity contribution is 5.73. The van der Waals surface area contributed by atoms with Gasteiger partial charge in [-0.15, -0.1) is 0 Å². The Morgan fingerprint density at radius 2 is 2.31 bits per heavy atom. The molecule has 0 saturated carbocycles. The van der Waals surface area contributed by atoms with Crippen molar-refractivity contribution < 1.29 is 14.3 Å². The topological polar surface area (TPSA) is 47.6 Å². The first-order chi connectivity index (χ1) is 6.29. The van der Waals surface area contributed by atoms with Crippen LogP contribution in [0.4, 0.5) is 0 Å². The number of nitrogens with one attached hydrogen (secondary N) is 1. The molecule has 0 unspecified atom stereocenters. The van der Waals surface area contributed by atoms with Gasteiger partial charge in [-0.2, -0.15) is 0 Å². The molecule has 76 valence electrons. The lowest BCUT2D eigenvalue weighted by Crippen LogP contribution is -2.27. The van der Waals surface area contributed by atoms with E-state index in [9.17, 15) is 4.79 Å². The first-order valence-corrected chi connectivity index (χ1v) is 4.65. The second-order valence-corrected chi connectivity index (χ2v) is 3.23. The Kier molecular flexibility index (Phi) is 4.18. The molecule has 0 aromatic rings. The Hall–Kier alpha value is -0.610. The van der Waals surface area contributed by atoms with Crippen LogP contribution in [0.15, 0.2) is 0 Å². The first-order valence-electron chi connectivity index (χ1n) is 4.65. The maximum absolute atomic E-state index is 11.4. The van der Waals surface area contributed by atoms with Gasteiger partial charge in [0, 0.05) is 26.1 Å². The fourth-order valence-electron chi connectivity index (χ4n) is 1.65. The van der Waals surface area contributed by atoms with E-state index in [1.165, 1.54) is 0 Å². The molecule has 1 aliphatic rings. The molecule has 0 aliphatic carbocycles. The number of methoxy groups -OCH3 is 1. The van der Waals surface area contributed by atoms with E-state index >= 15 is 0 Å². The Balaban J connectivity index is 2.42. The Morgan fingerprint density at radius 3 is 2.92 bits per heavy atom. The second-order valence-electron chi connectivity index (χ2n) is 3.23. The molecule has 13 heavy (non-hydrogen) atoms. The molecule has 4 heteroatoms. The van der Waals surface area contributed by atoms with Crippen LogP contribution in [0.3, 0.4) is 0 Å². The van der Waals surface area contributed by atoms with E-state index in [1.54, 1.807) is 7.11 Å². The average Bonchev–Trinajstić information content (AvgIpc) is 2.54. The molecule has 0 amide bonds. The van der Waals surface area contributed by atoms with Gasteiger partial charge in [0.15, 0.2) is 0 Å². The van der Waals surface area contributed by atoms with Crippen LogP contribution < -0.4 is 5.32 Å². The predicted octanol–water partition coefficient (Wildman–Crippen LogP) is 0.0315. The van der Waals surface area contributed by atoms with Crippen molar-refractivity contribution in [2.75, 3.05) is 33.4 Å². The van der Waals surface area contributed by atoms with Gasteiger partial charge in [0.1, 0.15) is 0 Å². The third-order valence-electron chi connectivity index (χ3n) is 2.31. The Bertz CT molecular complexity index is 172. The van der Waals surface area contributed by atoms with Crippen LogP contribution in [0.1, 0.15) is 6.92 Å². The van der Waals surface area contributed by atoms with Crippen molar-refractivity contribution >= 4 is 5.97 Å². The molecule has 1 fully saturated rings. The third kappa shape index (κ3) is 2.67. The van der Waals surface area contributed by atoms with Crippen molar-refractivity contribution in [1.82, 2.24) is 5.32 Å². The van der Waals surface area contributed by atoms with Crippen LogP contribution in [0.2, 0.25) is 0 Å². The smallest absolute Gasteiger partial charge is 0.310 e. The van der Waals surface area contributed by atoms with E-state index in [-0.39, 0.29) is 17.8 Å². The summed E-state index contributed by atoms with van der Waals surface area (Å²) < 4.78 is 10.0. The van der Waals surface area contributed by atoms with Crippen molar-refractivity contribution in [3.05, 3.63) is 0 Å². The molecular formula is C9H17NO3. The third-order valence-corrected chi connectivity index (χ3v) is 2.31. The van der Waals surface area contributed by atoms with E-state index in [2.05, 4.69) is 5.32 Å². The van der Waals surface area contributed by atoms with Gasteiger partial charge < -0.3 is 14.8 Å². The van der Waals surface area contributed by atoms with Crippen molar-refractivity contribution in [2.45, 2.75) is 6.92 Å². The highest BCUT2D eigenvalue weighted by Crippen LogP contribution is 2.18. The number of carbonyl (C=O) groups excluding carboxylic acids is 1. The van der Waals surface area contributed by atoms with E-state index < -0.39 is 0 Å². The molecule has 1 heterocycles. The quantitative estimate of drug-likeness (QED) is 0.631. The molecule has 1 aliphatic heterocycles. The fourth-order valence-corrected chi connectivity index (χ4v) is 1.65. The normalized spacial score (nSPS) is 27.5. The van der Waals surface area contributed by atoms with Crippen LogP contribution in [-0.2, 0) is 14.3 Å². The SMILES string of the molecule is CCOC(=O)[C@H]1CNC[C@@H]1COC. The van der Waals surface area contributed by atoms with Crippen LogP contribution in [0.25, 0.3) is 0 Å². The summed E-state index contributed by atoms with van der Waals surface area (Å²) in [5.74, 6) is 0.137. The number of carbonyl (C=O) groups is 1. The predicted molar refractivity (Wildman–Crippen MR) is 48.4 cm³/mol. The van der Waals surface area contributed by atoms with E-state index in [0.29, 0.717) is 19.8 Å². The summed E-state index contributed by atoms with van der Waals surface area (Å²) in [5, 5.41) is 3.17. The van der Waals surface area contributed by atoms with Crippen LogP contribution in [-0.4, -0.2) is 39.4 Å². The monoisotopic (exact) mass is 187 g/mol. The molecule has 0 radical (unpaired) electrons. The molecule has 4 nitrogen and oxygen atoms in total. The summed E-state index contributed by atoms with van der Waals surface area (Å²) in [6.45, 7) is 4.46. The molecule has 1 N–H and O–H groups in total. The lowest BCUT2D eigenvalue weighted by atomic mass is 9.97. The second kappa shape index (κ2) is 5.19. The lowest BCUT2D eigenvalue weighted by Gasteiger charge is -2.15. The molecule has 0 aromatic carbocycles. The number of esters is 1. The molecule has 1 rings (SSSR count). The average molecular weight is 187 g/mol. The number of hydrogen-bond acceptors (Lipinski definition) is 4. The molecule has 0 bridgehead atoms. The van der Waals surface area contributed by atoms with Gasteiger partial charge in [0.2, 0.25) is 0 Å². The van der Waals surface area contributed by atoms with Crippen molar-refractivity contribution in [3.8, 4) is 0 Å². The van der Waals surface area contributed by atoms with Crippen LogP contribution >= 0.6 is 0 Å². The summed E-state index contributed by atoms with van der Waals surface area (Å²) in [4.78, 5) is 11.4. The largest absolute Gasteiger partial charge is 0.466 e. The molecule has 1 saturated heterocycles. The molecule has 0 spiro atoms. The zero-order valence-corrected chi connectivity index (χ0v) is 8.21. The lowest BCUT2D eigenvalue weighted by molar-refractivity contribution is -0.149. The van der Waals surface area contributed by atoms with E-state index in [4.69, 9.17) is 9.47 Å². The van der Waals surface area contributed by atoms with Crippen LogP contribution in [0, 0.1) is 11.8 Å². The van der Waals surface area contributed by atoms with Crippen molar-refractivity contribution in [3.63, 3.8) is 0 Å². The highest BCUT2D eigenvalue weighted by atomic mass is 16.5. The van der Waals surface area contributed by atoms with Crippen molar-refractivity contribution in [2.24, 2.45) is 11.8 Å². The summed E-state index contributed by atoms with van der Waals surface area (Å²) in [7, 11) is 1.65. The number of hydrogen-bond donors (Lipinski definition) is 1. The summed E-state index contributed by atoms with van der Waals surface area (Å²) in [6, 6.07) is 0. The summed E-state index contributed by atoms with van der Waals surface area (Å²) in [6.07, 6.45) is 0. The molecule has 2 atom stereocenters. The summed E-state index contributed by atoms with van der Waals surface area (Å²) >= 11 is 0. The minimum absolute atomic E-state index is 0.0279. The highest BCUT2D eigenvalue weighted by Gasteiger charge is 2.33. The van der Waals surface area contributed by atoms with Gasteiger partial charge in [-0.1, -0.05) is 0 Å². The van der Waals surface area contributed by atoms with Crippen LogP contribution in [0.5, 0.6) is 0 Å². The fraction of sp³-hybridized carbons (Fsp3) is 0.889. The minimum atomic E-state index is -0.102. The van der Waals surface area contributed by atoms with E-state index in [0.717, 1.165) is 6.54 Å². The Labute approximate surface area is 78.6 Å². The number of ether oxygens (including phenoxy) is 2. The van der Waals surface area contributed by atoms with Crippen molar-refractivity contribution in [1.29, 1.82) is 0 Å². The summed E-state index contributed by atoms with van der Waals surface area (Å²) in [5.41, 5.74) is 0. The van der Waals surface area contributed by atoms with E-state index in [1.807, 2.05) is 6.92 Å². The maximum atomic E-state index is 11.4.